The molecule has 4 aromatic rings. The predicted molar refractivity (Wildman–Crippen MR) is 84.9 cm³/mol. The van der Waals surface area contributed by atoms with Gasteiger partial charge in [-0.3, -0.25) is 0 Å². The fraction of sp³-hybridized carbons (Fsp3) is 0. The van der Waals surface area contributed by atoms with Crippen molar-refractivity contribution in [1.82, 2.24) is 4.98 Å². The van der Waals surface area contributed by atoms with Gasteiger partial charge in [-0.05, 0) is 24.3 Å². The molecule has 0 bridgehead atoms. The number of benzene rings is 2. The molecule has 4 nitrogen and oxygen atoms in total. The number of aromatic nitrogens is 1. The zero-order chi connectivity index (χ0) is 15.1. The maximum Gasteiger partial charge on any atom is 0.349 e. The molecule has 2 aromatic carbocycles. The van der Waals surface area contributed by atoms with Crippen LogP contribution in [0.3, 0.4) is 0 Å². The van der Waals surface area contributed by atoms with Crippen LogP contribution >= 0.6 is 0 Å². The van der Waals surface area contributed by atoms with Crippen LogP contribution in [0.5, 0.6) is 5.75 Å². The molecular weight excluding hydrogens is 278 g/mol. The molecule has 2 aromatic heterocycles. The second-order valence-corrected chi connectivity index (χ2v) is 5.00. The van der Waals surface area contributed by atoms with Crippen molar-refractivity contribution in [3.8, 4) is 17.0 Å². The molecule has 0 aliphatic heterocycles. The minimum atomic E-state index is -0.598. The highest BCUT2D eigenvalue weighted by Gasteiger charge is 2.16. The highest BCUT2D eigenvalue weighted by molar-refractivity contribution is 5.90. The molecule has 1 N–H and O–H groups in total. The normalized spacial score (nSPS) is 11.1. The van der Waals surface area contributed by atoms with E-state index in [1.54, 1.807) is 30.3 Å². The summed E-state index contributed by atoms with van der Waals surface area (Å²) in [6.45, 7) is 0. The number of para-hydroxylation sites is 2. The third kappa shape index (κ3) is 1.85. The Bertz CT molecular complexity index is 1070. The van der Waals surface area contributed by atoms with E-state index in [2.05, 4.69) is 4.98 Å². The van der Waals surface area contributed by atoms with Crippen LogP contribution in [0.4, 0.5) is 0 Å². The van der Waals surface area contributed by atoms with Crippen molar-refractivity contribution in [3.63, 3.8) is 0 Å². The fourth-order valence-corrected chi connectivity index (χ4v) is 2.56. The molecule has 0 fully saturated rings. The zero-order valence-electron chi connectivity index (χ0n) is 11.5. The lowest BCUT2D eigenvalue weighted by atomic mass is 10.1. The summed E-state index contributed by atoms with van der Waals surface area (Å²) < 4.78 is 5.28. The smallest absolute Gasteiger partial charge is 0.349 e. The van der Waals surface area contributed by atoms with Crippen LogP contribution < -0.4 is 5.63 Å². The van der Waals surface area contributed by atoms with E-state index in [9.17, 15) is 9.90 Å². The Morgan fingerprint density at radius 1 is 0.909 bits per heavy atom. The summed E-state index contributed by atoms with van der Waals surface area (Å²) >= 11 is 0. The zero-order valence-corrected chi connectivity index (χ0v) is 11.5. The fourth-order valence-electron chi connectivity index (χ4n) is 2.56. The maximum absolute atomic E-state index is 12.2. The van der Waals surface area contributed by atoms with Gasteiger partial charge < -0.3 is 9.52 Å². The lowest BCUT2D eigenvalue weighted by Gasteiger charge is -2.06. The number of fused-ring (bicyclic) bond motifs is 2. The SMILES string of the molecule is O=c1oc2ccccc2c(O)c1-c1ccc2ccccc2n1. The standard InChI is InChI=1S/C18H11NO3/c20-17-12-6-2-4-8-15(12)22-18(21)16(17)14-10-9-11-5-1-3-7-13(11)19-14/h1-10,20H. The number of aromatic hydroxyl groups is 1. The van der Waals surface area contributed by atoms with Gasteiger partial charge in [0.05, 0.1) is 16.6 Å². The van der Waals surface area contributed by atoms with E-state index in [1.165, 1.54) is 0 Å². The molecule has 0 amide bonds. The number of rotatable bonds is 1. The van der Waals surface area contributed by atoms with Crippen molar-refractivity contribution < 1.29 is 9.52 Å². The van der Waals surface area contributed by atoms with Gasteiger partial charge in [0.25, 0.3) is 0 Å². The second-order valence-electron chi connectivity index (χ2n) is 5.00. The Kier molecular flexibility index (Phi) is 2.69. The van der Waals surface area contributed by atoms with E-state index in [4.69, 9.17) is 4.42 Å². The molecule has 0 atom stereocenters. The quantitative estimate of drug-likeness (QED) is 0.542. The predicted octanol–water partition coefficient (Wildman–Crippen LogP) is 3.71. The number of pyridine rings is 1. The molecule has 106 valence electrons. The Balaban J connectivity index is 2.05. The summed E-state index contributed by atoms with van der Waals surface area (Å²) in [5, 5.41) is 11.9. The number of hydrogen-bond acceptors (Lipinski definition) is 4. The van der Waals surface area contributed by atoms with Gasteiger partial charge in [-0.1, -0.05) is 36.4 Å². The third-order valence-electron chi connectivity index (χ3n) is 3.64. The molecule has 0 spiro atoms. The summed E-state index contributed by atoms with van der Waals surface area (Å²) in [6, 6.07) is 18.1. The van der Waals surface area contributed by atoms with Crippen LogP contribution in [0.25, 0.3) is 33.1 Å². The maximum atomic E-state index is 12.2. The summed E-state index contributed by atoms with van der Waals surface area (Å²) in [7, 11) is 0. The minimum Gasteiger partial charge on any atom is -0.506 e. The molecule has 0 aliphatic carbocycles. The van der Waals surface area contributed by atoms with E-state index in [-0.39, 0.29) is 11.3 Å². The molecule has 0 aliphatic rings. The topological polar surface area (TPSA) is 63.3 Å². The van der Waals surface area contributed by atoms with Gasteiger partial charge >= 0.3 is 5.63 Å². The first kappa shape index (κ1) is 12.6. The molecule has 0 saturated heterocycles. The molecule has 0 unspecified atom stereocenters. The monoisotopic (exact) mass is 289 g/mol. The van der Waals surface area contributed by atoms with Gasteiger partial charge in [0, 0.05) is 5.39 Å². The van der Waals surface area contributed by atoms with Crippen LogP contribution in [0.2, 0.25) is 0 Å². The Hall–Kier alpha value is -3.14. The average molecular weight is 289 g/mol. The van der Waals surface area contributed by atoms with Gasteiger partial charge in [0.1, 0.15) is 16.9 Å². The summed E-state index contributed by atoms with van der Waals surface area (Å²) in [6.07, 6.45) is 0. The minimum absolute atomic E-state index is 0.0875. The van der Waals surface area contributed by atoms with Gasteiger partial charge in [0.15, 0.2) is 0 Å². The van der Waals surface area contributed by atoms with E-state index >= 15 is 0 Å². The van der Waals surface area contributed by atoms with Crippen molar-refractivity contribution in [3.05, 3.63) is 71.1 Å². The lowest BCUT2D eigenvalue weighted by molar-refractivity contribution is 0.471. The third-order valence-corrected chi connectivity index (χ3v) is 3.64. The Labute approximate surface area is 125 Å². The van der Waals surface area contributed by atoms with Crippen LogP contribution in [-0.2, 0) is 0 Å². The average Bonchev–Trinajstić information content (AvgIpc) is 2.55. The van der Waals surface area contributed by atoms with Crippen molar-refractivity contribution in [2.75, 3.05) is 0 Å². The molecule has 0 saturated carbocycles. The Morgan fingerprint density at radius 2 is 1.68 bits per heavy atom. The molecule has 4 heteroatoms. The van der Waals surface area contributed by atoms with Crippen molar-refractivity contribution >= 4 is 21.9 Å². The van der Waals surface area contributed by atoms with E-state index in [1.807, 2.05) is 30.3 Å². The van der Waals surface area contributed by atoms with Crippen molar-refractivity contribution in [1.29, 1.82) is 0 Å². The van der Waals surface area contributed by atoms with Gasteiger partial charge in [-0.25, -0.2) is 9.78 Å². The molecule has 0 radical (unpaired) electrons. The highest BCUT2D eigenvalue weighted by atomic mass is 16.4. The van der Waals surface area contributed by atoms with Crippen molar-refractivity contribution in [2.45, 2.75) is 0 Å². The molecule has 22 heavy (non-hydrogen) atoms. The van der Waals surface area contributed by atoms with Crippen molar-refractivity contribution in [2.24, 2.45) is 0 Å². The van der Waals surface area contributed by atoms with Gasteiger partial charge in [0.2, 0.25) is 0 Å². The van der Waals surface area contributed by atoms with E-state index in [0.29, 0.717) is 16.7 Å². The number of hydrogen-bond donors (Lipinski definition) is 1. The first-order valence-corrected chi connectivity index (χ1v) is 6.85. The molecular formula is C18H11NO3. The van der Waals surface area contributed by atoms with Crippen LogP contribution in [0.1, 0.15) is 0 Å². The highest BCUT2D eigenvalue weighted by Crippen LogP contribution is 2.32. The van der Waals surface area contributed by atoms with Crippen LogP contribution in [0, 0.1) is 0 Å². The number of nitrogens with zero attached hydrogens (tertiary/aromatic N) is 1. The molecule has 4 rings (SSSR count). The summed E-state index contributed by atoms with van der Waals surface area (Å²) in [5.41, 5.74) is 1.00. The molecule has 2 heterocycles. The Morgan fingerprint density at radius 3 is 2.59 bits per heavy atom. The van der Waals surface area contributed by atoms with E-state index < -0.39 is 5.63 Å². The van der Waals surface area contributed by atoms with Crippen LogP contribution in [-0.4, -0.2) is 10.1 Å². The van der Waals surface area contributed by atoms with Crippen LogP contribution in [0.15, 0.2) is 69.9 Å². The van der Waals surface area contributed by atoms with Gasteiger partial charge in [-0.15, -0.1) is 0 Å². The second kappa shape index (κ2) is 4.70. The van der Waals surface area contributed by atoms with Gasteiger partial charge in [-0.2, -0.15) is 0 Å². The largest absolute Gasteiger partial charge is 0.506 e. The summed E-state index contributed by atoms with van der Waals surface area (Å²) in [5.74, 6) is -0.102. The summed E-state index contributed by atoms with van der Waals surface area (Å²) in [4.78, 5) is 16.7. The lowest BCUT2D eigenvalue weighted by Crippen LogP contribution is -2.04. The first-order valence-electron chi connectivity index (χ1n) is 6.85. The first-order chi connectivity index (χ1) is 10.7. The van der Waals surface area contributed by atoms with E-state index in [0.717, 1.165) is 10.9 Å².